The third-order valence-electron chi connectivity index (χ3n) is 5.61. The second kappa shape index (κ2) is 8.30. The average Bonchev–Trinajstić information content (AvgIpc) is 2.70. The summed E-state index contributed by atoms with van der Waals surface area (Å²) < 4.78 is 43.3. The van der Waals surface area contributed by atoms with Gasteiger partial charge in [-0.1, -0.05) is 0 Å². The van der Waals surface area contributed by atoms with Crippen molar-refractivity contribution < 1.29 is 27.9 Å². The molecule has 0 aliphatic carbocycles. The van der Waals surface area contributed by atoms with E-state index in [1.807, 2.05) is 22.6 Å². The van der Waals surface area contributed by atoms with E-state index in [9.17, 15) is 27.9 Å². The van der Waals surface area contributed by atoms with E-state index in [-0.39, 0.29) is 30.2 Å². The zero-order chi connectivity index (χ0) is 22.3. The zero-order valence-electron chi connectivity index (χ0n) is 16.2. The second-order valence-electron chi connectivity index (χ2n) is 7.81. The first-order chi connectivity index (χ1) is 14.7. The highest BCUT2D eigenvalue weighted by Gasteiger charge is 2.50. The summed E-state index contributed by atoms with van der Waals surface area (Å²) in [5.41, 5.74) is -2.05. The van der Waals surface area contributed by atoms with Crippen LogP contribution in [0.25, 0.3) is 0 Å². The van der Waals surface area contributed by atoms with E-state index in [0.29, 0.717) is 22.8 Å². The lowest BCUT2D eigenvalue weighted by atomic mass is 9.81. The monoisotopic (exact) mass is 545 g/mol. The Morgan fingerprint density at radius 2 is 1.94 bits per heavy atom. The minimum atomic E-state index is -1.31. The Morgan fingerprint density at radius 3 is 2.61 bits per heavy atom. The van der Waals surface area contributed by atoms with E-state index >= 15 is 0 Å². The normalized spacial score (nSPS) is 20.1. The van der Waals surface area contributed by atoms with Crippen molar-refractivity contribution in [3.8, 4) is 0 Å². The number of nitrogens with zero attached hydrogens (tertiary/aromatic N) is 1. The molecule has 2 saturated heterocycles. The van der Waals surface area contributed by atoms with Crippen LogP contribution in [-0.4, -0.2) is 46.6 Å². The van der Waals surface area contributed by atoms with Gasteiger partial charge in [0.2, 0.25) is 5.91 Å². The Bertz CT molecular complexity index is 1060. The van der Waals surface area contributed by atoms with Crippen LogP contribution in [0.15, 0.2) is 30.3 Å². The fourth-order valence-corrected chi connectivity index (χ4v) is 4.39. The van der Waals surface area contributed by atoms with Crippen molar-refractivity contribution in [1.29, 1.82) is 0 Å². The Balaban J connectivity index is 1.56. The number of halogens is 4. The van der Waals surface area contributed by atoms with E-state index in [1.54, 1.807) is 6.07 Å². The van der Waals surface area contributed by atoms with Crippen molar-refractivity contribution in [3.63, 3.8) is 0 Å². The van der Waals surface area contributed by atoms with E-state index < -0.39 is 40.7 Å². The first kappa shape index (κ1) is 21.9. The SMILES string of the molecule is O=C1CCC[C@@H](C2(O)CN(C(=O)c3ccc(F)c(F)c3Nc3ccc(I)cc3F)C2)N1. The molecule has 0 bridgehead atoms. The van der Waals surface area contributed by atoms with Crippen molar-refractivity contribution in [2.24, 2.45) is 0 Å². The topological polar surface area (TPSA) is 81.7 Å². The number of nitrogens with one attached hydrogen (secondary N) is 2. The van der Waals surface area contributed by atoms with E-state index in [1.165, 1.54) is 17.0 Å². The molecule has 0 unspecified atom stereocenters. The highest BCUT2D eigenvalue weighted by molar-refractivity contribution is 14.1. The van der Waals surface area contributed by atoms with Crippen LogP contribution < -0.4 is 10.6 Å². The van der Waals surface area contributed by atoms with Crippen LogP contribution in [0.5, 0.6) is 0 Å². The van der Waals surface area contributed by atoms with Crippen LogP contribution in [-0.2, 0) is 4.79 Å². The van der Waals surface area contributed by atoms with Crippen molar-refractivity contribution in [3.05, 3.63) is 56.9 Å². The highest BCUT2D eigenvalue weighted by atomic mass is 127. The maximum absolute atomic E-state index is 14.6. The number of hydrogen-bond acceptors (Lipinski definition) is 4. The Labute approximate surface area is 189 Å². The number of aliphatic hydroxyl groups is 1. The molecule has 2 aromatic carbocycles. The average molecular weight is 545 g/mol. The van der Waals surface area contributed by atoms with Crippen molar-refractivity contribution in [2.45, 2.75) is 30.9 Å². The predicted octanol–water partition coefficient (Wildman–Crippen LogP) is 3.31. The summed E-state index contributed by atoms with van der Waals surface area (Å²) in [5, 5.41) is 16.0. The van der Waals surface area contributed by atoms with E-state index in [2.05, 4.69) is 10.6 Å². The number of β-amino-alcohol motifs (C(OH)–C–C–N with tert-alkyl or cyclic N) is 1. The summed E-state index contributed by atoms with van der Waals surface area (Å²) >= 11 is 1.91. The van der Waals surface area contributed by atoms with Gasteiger partial charge >= 0.3 is 0 Å². The first-order valence-electron chi connectivity index (χ1n) is 9.69. The van der Waals surface area contributed by atoms with Crippen molar-refractivity contribution in [2.75, 3.05) is 18.4 Å². The summed E-state index contributed by atoms with van der Waals surface area (Å²) in [7, 11) is 0. The summed E-state index contributed by atoms with van der Waals surface area (Å²) in [6.07, 6.45) is 1.63. The number of hydrogen-bond donors (Lipinski definition) is 3. The van der Waals surface area contributed by atoms with Gasteiger partial charge in [0, 0.05) is 9.99 Å². The number of carbonyl (C=O) groups excluding carboxylic acids is 2. The lowest BCUT2D eigenvalue weighted by molar-refractivity contribution is -0.136. The van der Waals surface area contributed by atoms with Gasteiger partial charge in [-0.25, -0.2) is 13.2 Å². The predicted molar refractivity (Wildman–Crippen MR) is 115 cm³/mol. The summed E-state index contributed by atoms with van der Waals surface area (Å²) in [4.78, 5) is 25.9. The number of rotatable bonds is 4. The van der Waals surface area contributed by atoms with Gasteiger partial charge in [0.05, 0.1) is 36.1 Å². The third-order valence-corrected chi connectivity index (χ3v) is 6.28. The molecule has 6 nitrogen and oxygen atoms in total. The molecule has 0 aromatic heterocycles. The lowest BCUT2D eigenvalue weighted by Crippen LogP contribution is -2.72. The summed E-state index contributed by atoms with van der Waals surface area (Å²) in [6, 6.07) is 5.64. The quantitative estimate of drug-likeness (QED) is 0.516. The van der Waals surface area contributed by atoms with Crippen LogP contribution in [0, 0.1) is 21.0 Å². The number of amides is 2. The molecule has 2 amide bonds. The van der Waals surface area contributed by atoms with Crippen LogP contribution in [0.1, 0.15) is 29.6 Å². The number of benzene rings is 2. The standard InChI is InChI=1S/C21H19F3IN3O3/c22-13-6-5-12(19(18(13)24)26-15-7-4-11(25)8-14(15)23)20(30)28-9-21(31,10-28)16-2-1-3-17(29)27-16/h4-8,16,26,31H,1-3,9-10H2,(H,27,29)/t16-/m0/s1. The molecule has 0 spiro atoms. The smallest absolute Gasteiger partial charge is 0.256 e. The molecule has 1 atom stereocenters. The molecule has 2 aromatic rings. The molecule has 164 valence electrons. The van der Waals surface area contributed by atoms with Gasteiger partial charge < -0.3 is 20.6 Å². The number of likely N-dealkylation sites (tertiary alicyclic amines) is 1. The van der Waals surface area contributed by atoms with E-state index in [0.717, 1.165) is 12.1 Å². The fraction of sp³-hybridized carbons (Fsp3) is 0.333. The molecule has 2 heterocycles. The third kappa shape index (κ3) is 4.22. The lowest BCUT2D eigenvalue weighted by Gasteiger charge is -2.51. The van der Waals surface area contributed by atoms with Crippen LogP contribution in [0.3, 0.4) is 0 Å². The van der Waals surface area contributed by atoms with Crippen LogP contribution in [0.4, 0.5) is 24.5 Å². The van der Waals surface area contributed by atoms with Crippen LogP contribution >= 0.6 is 22.6 Å². The highest BCUT2D eigenvalue weighted by Crippen LogP contribution is 2.34. The van der Waals surface area contributed by atoms with Crippen LogP contribution in [0.2, 0.25) is 0 Å². The maximum Gasteiger partial charge on any atom is 0.256 e. The van der Waals surface area contributed by atoms with Gasteiger partial charge in [0.15, 0.2) is 11.6 Å². The minimum Gasteiger partial charge on any atom is -0.384 e. The van der Waals surface area contributed by atoms with Gasteiger partial charge in [0.25, 0.3) is 5.91 Å². The molecule has 2 fully saturated rings. The molecule has 31 heavy (non-hydrogen) atoms. The molecular weight excluding hydrogens is 526 g/mol. The molecule has 0 radical (unpaired) electrons. The molecule has 3 N–H and O–H groups in total. The molecule has 2 aliphatic heterocycles. The Kier molecular flexibility index (Phi) is 5.86. The summed E-state index contributed by atoms with van der Waals surface area (Å²) in [6.45, 7) is -0.125. The molecule has 2 aliphatic rings. The minimum absolute atomic E-state index is 0.0624. The largest absolute Gasteiger partial charge is 0.384 e. The van der Waals surface area contributed by atoms with Gasteiger partial charge in [-0.2, -0.15) is 0 Å². The Morgan fingerprint density at radius 1 is 1.19 bits per heavy atom. The van der Waals surface area contributed by atoms with Crippen molar-refractivity contribution in [1.82, 2.24) is 10.2 Å². The van der Waals surface area contributed by atoms with Gasteiger partial charge in [-0.05, 0) is 65.8 Å². The molecular formula is C21H19F3IN3O3. The van der Waals surface area contributed by atoms with Crippen molar-refractivity contribution >= 4 is 45.8 Å². The second-order valence-corrected chi connectivity index (χ2v) is 9.06. The number of anilines is 2. The maximum atomic E-state index is 14.6. The number of carbonyl (C=O) groups is 2. The Hall–Kier alpha value is -2.34. The molecule has 0 saturated carbocycles. The van der Waals surface area contributed by atoms with Gasteiger partial charge in [-0.3, -0.25) is 9.59 Å². The molecule has 4 rings (SSSR count). The number of piperidine rings is 1. The van der Waals surface area contributed by atoms with Gasteiger partial charge in [0.1, 0.15) is 11.4 Å². The first-order valence-corrected chi connectivity index (χ1v) is 10.8. The summed E-state index contributed by atoms with van der Waals surface area (Å²) in [5.74, 6) is -3.96. The fourth-order valence-electron chi connectivity index (χ4n) is 3.93. The van der Waals surface area contributed by atoms with E-state index in [4.69, 9.17) is 0 Å². The molecule has 10 heteroatoms. The van der Waals surface area contributed by atoms with Gasteiger partial charge in [-0.15, -0.1) is 0 Å². The zero-order valence-corrected chi connectivity index (χ0v) is 18.4.